The number of nitrogens with zero attached hydrogens (tertiary/aromatic N) is 2. The molecular formula is C33H50FN7O12S. The fraction of sp³-hybridized carbons (Fsp3) is 0.545. The average molecular weight is 788 g/mol. The van der Waals surface area contributed by atoms with E-state index in [0.717, 1.165) is 25.0 Å². The Morgan fingerprint density at radius 2 is 1.63 bits per heavy atom. The molecule has 8 N–H and O–H groups in total. The van der Waals surface area contributed by atoms with Gasteiger partial charge in [-0.2, -0.15) is 3.89 Å². The van der Waals surface area contributed by atoms with Gasteiger partial charge in [0.15, 0.2) is 0 Å². The van der Waals surface area contributed by atoms with Crippen LogP contribution in [0.1, 0.15) is 75.6 Å². The number of hydrogen-bond acceptors (Lipinski definition) is 11. The molecule has 0 radical (unpaired) electrons. The molecule has 302 valence electrons. The van der Waals surface area contributed by atoms with Crippen LogP contribution in [-0.2, 0) is 33.6 Å². The Labute approximate surface area is 316 Å². The molecule has 2 saturated heterocycles. The van der Waals surface area contributed by atoms with Gasteiger partial charge >= 0.3 is 12.0 Å². The van der Waals surface area contributed by atoms with Crippen LogP contribution >= 0.6 is 12.1 Å². The van der Waals surface area contributed by atoms with Crippen molar-refractivity contribution in [1.29, 1.82) is 0 Å². The number of hydrogen-bond donors (Lipinski definition) is 8. The van der Waals surface area contributed by atoms with Crippen molar-refractivity contribution in [3.8, 4) is 0 Å². The Balaban J connectivity index is 0.00000124. The highest BCUT2D eigenvalue weighted by Crippen LogP contribution is 2.24. The number of unbranched alkanes of at least 4 members (excludes halogenated alkanes) is 1. The molecule has 0 aromatic heterocycles. The Kier molecular flexibility index (Phi) is 25.4. The van der Waals surface area contributed by atoms with E-state index in [1.165, 1.54) is 29.2 Å². The van der Waals surface area contributed by atoms with Gasteiger partial charge in [-0.15, -0.1) is 0 Å². The minimum absolute atomic E-state index is 0.00905. The molecule has 3 rings (SSSR count). The Morgan fingerprint density at radius 3 is 2.20 bits per heavy atom. The number of carboxylic acid groups (broad SMARTS) is 2. The number of fused-ring (bicyclic) bond motifs is 1. The highest BCUT2D eigenvalue weighted by Gasteiger charge is 2.46. The number of hydrazine groups is 1. The SMILES string of the molecule is CC(CCC(=O)O)NC(=O)NCC=O.CCCCNC(=O)CCCC(=O)NC1CC2C(=O)N(NC(=O)c3ccc(SF)cc3)CC(=O)N2C1.CO.O=CO. The molecule has 54 heavy (non-hydrogen) atoms. The molecule has 3 unspecified atom stereocenters. The quantitative estimate of drug-likeness (QED) is 0.0784. The minimum atomic E-state index is -0.896. The zero-order valence-electron chi connectivity index (χ0n) is 30.4. The number of aliphatic hydroxyl groups is 1. The van der Waals surface area contributed by atoms with Gasteiger partial charge in [-0.05, 0) is 56.9 Å². The highest BCUT2D eigenvalue weighted by molar-refractivity contribution is 7.94. The molecule has 3 atom stereocenters. The number of benzene rings is 1. The van der Waals surface area contributed by atoms with Crippen LogP contribution in [-0.4, -0.2) is 131 Å². The second-order valence-electron chi connectivity index (χ2n) is 11.5. The Morgan fingerprint density at radius 1 is 1.00 bits per heavy atom. The van der Waals surface area contributed by atoms with Crippen LogP contribution in [0.25, 0.3) is 0 Å². The van der Waals surface area contributed by atoms with Crippen molar-refractivity contribution in [3.05, 3.63) is 29.8 Å². The number of aldehydes is 1. The molecule has 2 aliphatic heterocycles. The van der Waals surface area contributed by atoms with Gasteiger partial charge < -0.3 is 46.3 Å². The first-order valence-electron chi connectivity index (χ1n) is 16.9. The Hall–Kier alpha value is -5.31. The lowest BCUT2D eigenvalue weighted by Gasteiger charge is -2.35. The van der Waals surface area contributed by atoms with Crippen LogP contribution in [0.5, 0.6) is 0 Å². The summed E-state index contributed by atoms with van der Waals surface area (Å²) in [5.41, 5.74) is 2.67. The molecule has 19 nitrogen and oxygen atoms in total. The van der Waals surface area contributed by atoms with E-state index in [-0.39, 0.29) is 99.3 Å². The van der Waals surface area contributed by atoms with Gasteiger partial charge in [0.1, 0.15) is 18.9 Å². The fourth-order valence-electron chi connectivity index (χ4n) is 4.90. The van der Waals surface area contributed by atoms with Gasteiger partial charge in [0, 0.05) is 62.0 Å². The molecule has 2 fully saturated rings. The van der Waals surface area contributed by atoms with Gasteiger partial charge in [0.25, 0.3) is 18.3 Å². The van der Waals surface area contributed by atoms with Crippen molar-refractivity contribution in [2.24, 2.45) is 0 Å². The summed E-state index contributed by atoms with van der Waals surface area (Å²) in [6.45, 7) is 3.97. The normalized spacial score (nSPS) is 15.9. The van der Waals surface area contributed by atoms with Crippen LogP contribution in [0.15, 0.2) is 29.2 Å². The van der Waals surface area contributed by atoms with E-state index in [1.807, 2.05) is 6.92 Å². The van der Waals surface area contributed by atoms with E-state index < -0.39 is 29.9 Å². The number of halogens is 1. The third-order valence-corrected chi connectivity index (χ3v) is 7.90. The summed E-state index contributed by atoms with van der Waals surface area (Å²) in [6.07, 6.45) is 3.93. The predicted molar refractivity (Wildman–Crippen MR) is 192 cm³/mol. The summed E-state index contributed by atoms with van der Waals surface area (Å²) >= 11 is 0.0549. The van der Waals surface area contributed by atoms with Crippen molar-refractivity contribution in [2.45, 2.75) is 88.2 Å². The second kappa shape index (κ2) is 28.2. The molecule has 0 saturated carbocycles. The van der Waals surface area contributed by atoms with Gasteiger partial charge in [-0.3, -0.25) is 39.0 Å². The first kappa shape index (κ1) is 48.7. The van der Waals surface area contributed by atoms with Gasteiger partial charge in [0.05, 0.1) is 18.7 Å². The number of aliphatic hydroxyl groups excluding tert-OH is 1. The monoisotopic (exact) mass is 787 g/mol. The van der Waals surface area contributed by atoms with Crippen LogP contribution in [0, 0.1) is 0 Å². The first-order chi connectivity index (χ1) is 25.8. The number of aliphatic carboxylic acids is 1. The molecule has 0 bridgehead atoms. The van der Waals surface area contributed by atoms with Crippen LogP contribution in [0.4, 0.5) is 8.68 Å². The number of carboxylic acids is 1. The van der Waals surface area contributed by atoms with E-state index in [1.54, 1.807) is 6.92 Å². The smallest absolute Gasteiger partial charge is 0.315 e. The maximum absolute atomic E-state index is 12.9. The maximum Gasteiger partial charge on any atom is 0.315 e. The lowest BCUT2D eigenvalue weighted by Crippen LogP contribution is -2.62. The lowest BCUT2D eigenvalue weighted by atomic mass is 10.1. The molecule has 7 amide bonds. The third-order valence-electron chi connectivity index (χ3n) is 7.45. The molecule has 2 aliphatic rings. The van der Waals surface area contributed by atoms with E-state index in [9.17, 15) is 42.2 Å². The number of piperazine rings is 1. The molecular weight excluding hydrogens is 737 g/mol. The number of rotatable bonds is 17. The average Bonchev–Trinajstić information content (AvgIpc) is 3.58. The number of amides is 7. The van der Waals surface area contributed by atoms with Crippen molar-refractivity contribution in [1.82, 2.24) is 36.6 Å². The standard InChI is InChI=1S/C23H30FN5O5S.C8H14N2O4.CH2O2.CH4O/c1-2-3-11-25-19(30)5-4-6-20(31)26-16-12-18-23(34)29(14-21(32)28(18)13-16)27-22(33)15-7-9-17(35-24)10-8-15;1-6(2-3-7(12)13)10-8(14)9-4-5-11;2-1-3;1-2/h7-10,16,18H,2-6,11-14H2,1H3,(H,25,30)(H,26,31)(H,27,33);5-6H,2-4H2,1H3,(H,12,13)(H2,9,10,14);1H,(H,2,3);2H,1H3. The van der Waals surface area contributed by atoms with Crippen molar-refractivity contribution in [3.63, 3.8) is 0 Å². The van der Waals surface area contributed by atoms with E-state index in [4.69, 9.17) is 20.1 Å². The Bertz CT molecular complexity index is 1390. The molecule has 0 aliphatic carbocycles. The summed E-state index contributed by atoms with van der Waals surface area (Å²) < 4.78 is 12.6. The second-order valence-corrected chi connectivity index (χ2v) is 12.2. The largest absolute Gasteiger partial charge is 0.483 e. The predicted octanol–water partition coefficient (Wildman–Crippen LogP) is 0.370. The van der Waals surface area contributed by atoms with Crippen LogP contribution in [0.2, 0.25) is 0 Å². The summed E-state index contributed by atoms with van der Waals surface area (Å²) in [5.74, 6) is -2.58. The fourth-order valence-corrected chi connectivity index (χ4v) is 5.14. The molecule has 1 aromatic rings. The summed E-state index contributed by atoms with van der Waals surface area (Å²) in [7, 11) is 1.00. The van der Waals surface area contributed by atoms with E-state index in [2.05, 4.69) is 26.7 Å². The van der Waals surface area contributed by atoms with E-state index in [0.29, 0.717) is 30.6 Å². The van der Waals surface area contributed by atoms with Gasteiger partial charge in [0.2, 0.25) is 17.7 Å². The van der Waals surface area contributed by atoms with E-state index >= 15 is 0 Å². The molecule has 0 spiro atoms. The summed E-state index contributed by atoms with van der Waals surface area (Å²) in [6, 6.07) is 3.87. The maximum atomic E-state index is 12.9. The van der Waals surface area contributed by atoms with Gasteiger partial charge in [-0.1, -0.05) is 13.3 Å². The number of carbonyl (C=O) groups is 9. The van der Waals surface area contributed by atoms with Crippen molar-refractivity contribution < 1.29 is 62.4 Å². The van der Waals surface area contributed by atoms with Crippen molar-refractivity contribution >= 4 is 66.4 Å². The van der Waals surface area contributed by atoms with Crippen molar-refractivity contribution in [2.75, 3.05) is 33.3 Å². The van der Waals surface area contributed by atoms with Crippen LogP contribution < -0.4 is 26.7 Å². The molecule has 21 heteroatoms. The topological polar surface area (TPSA) is 281 Å². The van der Waals surface area contributed by atoms with Crippen LogP contribution in [0.3, 0.4) is 0 Å². The minimum Gasteiger partial charge on any atom is -0.483 e. The lowest BCUT2D eigenvalue weighted by molar-refractivity contribution is -0.155. The van der Waals surface area contributed by atoms with Gasteiger partial charge in [-0.25, -0.2) is 9.80 Å². The zero-order chi connectivity index (χ0) is 41.1. The number of nitrogens with one attached hydrogen (secondary N) is 5. The summed E-state index contributed by atoms with van der Waals surface area (Å²) in [4.78, 5) is 103. The highest BCUT2D eigenvalue weighted by atomic mass is 32.2. The third kappa shape index (κ3) is 19.5. The summed E-state index contributed by atoms with van der Waals surface area (Å²) in [5, 5.41) is 33.7. The first-order valence-corrected chi connectivity index (χ1v) is 17.6. The molecule has 2 heterocycles. The zero-order valence-corrected chi connectivity index (χ0v) is 31.2. The molecule has 1 aromatic carbocycles. The number of carbonyl (C=O) groups excluding carboxylic acids is 7. The number of urea groups is 1.